The summed E-state index contributed by atoms with van der Waals surface area (Å²) in [6, 6.07) is 6.77. The predicted molar refractivity (Wildman–Crippen MR) is 298 cm³/mol. The van der Waals surface area contributed by atoms with Crippen LogP contribution in [0.3, 0.4) is 0 Å². The smallest absolute Gasteiger partial charge is 0.350 e. The molecule has 0 saturated carbocycles. The number of ether oxygens (including phenoxy) is 6. The third-order valence-corrected chi connectivity index (χ3v) is 11.4. The van der Waals surface area contributed by atoms with Crippen molar-refractivity contribution in [2.24, 2.45) is 0 Å². The van der Waals surface area contributed by atoms with E-state index in [9.17, 15) is 23.5 Å². The standard InChI is InChI=1S/C9H15N3O2S.C9H13N3O2S.2C8H14N3O5PS.C5H7N3OS/c1-3-13-4-5-14-8-6-7(10)11-9(12-8)15-2;1-2-14-4-3-12-8(6-15)11-7(10)5-9(12)13;1-18-8-10-6(9)4-7(11-8)16-3-2-15-5-17(12,13)14;1-18-8-10-6(9)4-7(12)11(8)2-3-16-5-17(13,14)15;1-10-5-7-3(6)2-4(9)8-5/h6H,3-5H2,1-2H3,(H2,10,11,12);5-6H,2-4,10H2,1H3;4H,2-3,5H2,1H3,(H2,9,10,11)(H2,12,13,14);4H,2-3,5,9H2,1H3,(H2,13,14,15);2H,1H3,(H3,6,7,8,9). The number of aromatic amines is 1. The summed E-state index contributed by atoms with van der Waals surface area (Å²) in [6.45, 7) is 7.36. The number of nitrogens with zero attached hydrogens (tertiary/aromatic N) is 9. The third-order valence-electron chi connectivity index (χ3n) is 7.84. The van der Waals surface area contributed by atoms with Gasteiger partial charge in [0.2, 0.25) is 11.8 Å². The highest BCUT2D eigenvalue weighted by Gasteiger charge is 2.14. The molecule has 0 aliphatic heterocycles. The van der Waals surface area contributed by atoms with Crippen LogP contribution in [0.1, 0.15) is 19.7 Å². The van der Waals surface area contributed by atoms with Gasteiger partial charge < -0.3 is 81.6 Å². The van der Waals surface area contributed by atoms with Gasteiger partial charge in [-0.3, -0.25) is 32.6 Å². The molecular formula is C39H63N15O15P2S5. The molecular weight excluding hydrogens is 1140 g/mol. The van der Waals surface area contributed by atoms with E-state index in [4.69, 9.17) is 88.9 Å². The average molecular weight is 1200 g/mol. The van der Waals surface area contributed by atoms with Crippen molar-refractivity contribution in [1.82, 2.24) is 49.0 Å². The monoisotopic (exact) mass is 1200 g/mol. The van der Waals surface area contributed by atoms with Gasteiger partial charge in [-0.1, -0.05) is 59.3 Å². The van der Waals surface area contributed by atoms with Crippen molar-refractivity contribution in [2.75, 3.05) is 119 Å². The van der Waals surface area contributed by atoms with E-state index in [1.54, 1.807) is 12.3 Å². The van der Waals surface area contributed by atoms with Gasteiger partial charge in [0.15, 0.2) is 20.6 Å². The largest absolute Gasteiger partial charge is 0.475 e. The number of aromatic nitrogens is 10. The first-order valence-corrected chi connectivity index (χ1v) is 30.5. The molecule has 0 amide bonds. The van der Waals surface area contributed by atoms with Crippen LogP contribution in [0.5, 0.6) is 11.8 Å². The van der Waals surface area contributed by atoms with E-state index in [0.29, 0.717) is 89.4 Å². The van der Waals surface area contributed by atoms with Crippen molar-refractivity contribution in [2.45, 2.75) is 47.6 Å². The molecule has 5 aromatic rings. The van der Waals surface area contributed by atoms with Crippen LogP contribution in [-0.2, 0) is 41.2 Å². The van der Waals surface area contributed by atoms with Crippen molar-refractivity contribution in [3.05, 3.63) is 67.2 Å². The molecule has 15 N–H and O–H groups in total. The minimum atomic E-state index is -4.18. The van der Waals surface area contributed by atoms with Crippen molar-refractivity contribution in [3.63, 3.8) is 0 Å². The first-order chi connectivity index (χ1) is 35.9. The van der Waals surface area contributed by atoms with Gasteiger partial charge in [-0.2, -0.15) is 9.97 Å². The average Bonchev–Trinajstić information content (AvgIpc) is 3.34. The highest BCUT2D eigenvalue weighted by Crippen LogP contribution is 2.34. The SMILES string of the molecule is CCOCCOc1cc(N)nc(SC)n1.CCOCCn1c(C=S)nc(N)cc1=O.CSc1nc(N)cc(=O)[nH]1.CSc1nc(N)cc(=O)n1CCOCP(=O)(O)O.CSc1nc(N)cc(OCCOCP(=O)(O)O)n1. The van der Waals surface area contributed by atoms with E-state index in [-0.39, 0.29) is 60.5 Å². The van der Waals surface area contributed by atoms with Crippen LogP contribution in [0.2, 0.25) is 0 Å². The van der Waals surface area contributed by atoms with Gasteiger partial charge >= 0.3 is 15.2 Å². The van der Waals surface area contributed by atoms with E-state index in [0.717, 1.165) is 0 Å². The molecule has 30 nitrogen and oxygen atoms in total. The maximum absolute atomic E-state index is 11.6. The lowest BCUT2D eigenvalue weighted by Gasteiger charge is -2.11. The Balaban J connectivity index is 0.000000480. The fourth-order valence-corrected chi connectivity index (χ4v) is 7.49. The van der Waals surface area contributed by atoms with Crippen molar-refractivity contribution in [3.8, 4) is 11.8 Å². The second-order valence-electron chi connectivity index (χ2n) is 13.7. The van der Waals surface area contributed by atoms with Crippen LogP contribution in [0.15, 0.2) is 65.3 Å². The van der Waals surface area contributed by atoms with Gasteiger partial charge in [0, 0.05) is 48.9 Å². The molecule has 0 aliphatic carbocycles. The van der Waals surface area contributed by atoms with Gasteiger partial charge in [-0.15, -0.1) is 0 Å². The molecule has 0 atom stereocenters. The first kappa shape index (κ1) is 69.0. The van der Waals surface area contributed by atoms with Crippen LogP contribution < -0.4 is 54.8 Å². The van der Waals surface area contributed by atoms with Crippen molar-refractivity contribution in [1.29, 1.82) is 0 Å². The molecule has 0 radical (unpaired) electrons. The zero-order chi connectivity index (χ0) is 57.3. The second-order valence-corrected chi connectivity index (χ2v) is 20.2. The normalized spacial score (nSPS) is 10.8. The Morgan fingerprint density at radius 1 is 0.566 bits per heavy atom. The molecule has 0 spiro atoms. The van der Waals surface area contributed by atoms with Gasteiger partial charge in [-0.05, 0) is 38.9 Å². The number of nitrogens with two attached hydrogens (primary N) is 5. The molecule has 0 aliphatic rings. The Labute approximate surface area is 458 Å². The molecule has 37 heteroatoms. The quantitative estimate of drug-likeness (QED) is 0.0130. The van der Waals surface area contributed by atoms with Crippen LogP contribution in [-0.4, -0.2) is 165 Å². The summed E-state index contributed by atoms with van der Waals surface area (Å²) < 4.78 is 54.2. The highest BCUT2D eigenvalue weighted by molar-refractivity contribution is 7.99. The van der Waals surface area contributed by atoms with Crippen LogP contribution >= 0.6 is 74.5 Å². The summed E-state index contributed by atoms with van der Waals surface area (Å²) in [5, 5.41) is 3.41. The molecule has 0 bridgehead atoms. The van der Waals surface area contributed by atoms with Crippen molar-refractivity contribution < 1.29 is 57.1 Å². The zero-order valence-electron chi connectivity index (χ0n) is 42.1. The summed E-state index contributed by atoms with van der Waals surface area (Å²) in [6.07, 6.45) is 5.96. The Bertz CT molecular complexity index is 2810. The Morgan fingerprint density at radius 2 is 1.00 bits per heavy atom. The number of anilines is 5. The van der Waals surface area contributed by atoms with Crippen LogP contribution in [0.4, 0.5) is 29.1 Å². The second kappa shape index (κ2) is 37.7. The van der Waals surface area contributed by atoms with Gasteiger partial charge in [0.05, 0.1) is 39.5 Å². The maximum atomic E-state index is 11.6. The van der Waals surface area contributed by atoms with E-state index < -0.39 is 27.9 Å². The number of nitrogens with one attached hydrogen (secondary N) is 1. The lowest BCUT2D eigenvalue weighted by atomic mass is 10.5. The fraction of sp³-hybridized carbons (Fsp3) is 0.462. The molecule has 0 saturated heterocycles. The number of nitrogen functional groups attached to an aromatic ring is 5. The molecule has 5 heterocycles. The number of H-pyrrole nitrogens is 1. The maximum Gasteiger partial charge on any atom is 0.350 e. The van der Waals surface area contributed by atoms with Gasteiger partial charge in [0.1, 0.15) is 60.8 Å². The number of rotatable bonds is 25. The molecule has 5 aromatic heterocycles. The topological polar surface area (TPSA) is 468 Å². The Kier molecular flexibility index (Phi) is 34.3. The molecule has 5 rings (SSSR count). The van der Waals surface area contributed by atoms with Crippen LogP contribution in [0, 0.1) is 0 Å². The van der Waals surface area contributed by atoms with Gasteiger partial charge in [-0.25, -0.2) is 24.9 Å². The number of thiocarbonyl (C=S) groups is 1. The van der Waals surface area contributed by atoms with Crippen molar-refractivity contribution >= 4 is 109 Å². The fourth-order valence-electron chi connectivity index (χ4n) is 4.82. The summed E-state index contributed by atoms with van der Waals surface area (Å²) in [4.78, 5) is 98.5. The van der Waals surface area contributed by atoms with Crippen LogP contribution in [0.25, 0.3) is 0 Å². The molecule has 424 valence electrons. The van der Waals surface area contributed by atoms with E-state index in [1.165, 1.54) is 85.8 Å². The summed E-state index contributed by atoms with van der Waals surface area (Å²) >= 11 is 10.1. The Morgan fingerprint density at radius 3 is 1.46 bits per heavy atom. The van der Waals surface area contributed by atoms with E-state index >= 15 is 0 Å². The summed E-state index contributed by atoms with van der Waals surface area (Å²) in [5.74, 6) is 2.47. The number of hydrogen-bond donors (Lipinski definition) is 10. The predicted octanol–water partition coefficient (Wildman–Crippen LogP) is 1.49. The number of hydrogen-bond acceptors (Lipinski definition) is 28. The molecule has 0 fully saturated rings. The molecule has 0 aromatic carbocycles. The Hall–Kier alpha value is -4.97. The van der Waals surface area contributed by atoms with E-state index in [2.05, 4.69) is 39.9 Å². The summed E-state index contributed by atoms with van der Waals surface area (Å²) in [7, 11) is -8.30. The third kappa shape index (κ3) is 31.3. The first-order valence-electron chi connectivity index (χ1n) is 21.6. The van der Waals surface area contributed by atoms with Gasteiger partial charge in [0.25, 0.3) is 16.7 Å². The minimum Gasteiger partial charge on any atom is -0.475 e. The van der Waals surface area contributed by atoms with E-state index in [1.807, 2.05) is 32.6 Å². The lowest BCUT2D eigenvalue weighted by Crippen LogP contribution is -2.26. The summed E-state index contributed by atoms with van der Waals surface area (Å²) in [5.41, 5.74) is 26.6. The highest BCUT2D eigenvalue weighted by atomic mass is 32.2. The molecule has 0 unspecified atom stereocenters. The lowest BCUT2D eigenvalue weighted by molar-refractivity contribution is 0.108. The zero-order valence-corrected chi connectivity index (χ0v) is 47.9. The number of thioether (sulfide) groups is 4. The minimum absolute atomic E-state index is 0.00414. The molecule has 76 heavy (non-hydrogen) atoms.